The number of nitrogens with zero attached hydrogens (tertiary/aromatic N) is 1. The first-order valence-electron chi connectivity index (χ1n) is 6.09. The molecular formula is C13H22N2O. The van der Waals surface area contributed by atoms with Gasteiger partial charge in [-0.25, -0.2) is 0 Å². The molecule has 0 aromatic carbocycles. The zero-order chi connectivity index (χ0) is 11.6. The molecule has 0 saturated carbocycles. The van der Waals surface area contributed by atoms with Gasteiger partial charge in [0.25, 0.3) is 0 Å². The first-order chi connectivity index (χ1) is 7.88. The van der Waals surface area contributed by atoms with Crippen molar-refractivity contribution in [3.63, 3.8) is 0 Å². The highest BCUT2D eigenvalue weighted by Gasteiger charge is 2.08. The van der Waals surface area contributed by atoms with Gasteiger partial charge in [0.1, 0.15) is 0 Å². The molecule has 16 heavy (non-hydrogen) atoms. The summed E-state index contributed by atoms with van der Waals surface area (Å²) in [6, 6.07) is 4.52. The van der Waals surface area contributed by atoms with Crippen molar-refractivity contribution in [3.05, 3.63) is 30.1 Å². The fraction of sp³-hybridized carbons (Fsp3) is 0.615. The van der Waals surface area contributed by atoms with E-state index in [9.17, 15) is 0 Å². The second-order valence-electron chi connectivity index (χ2n) is 3.78. The van der Waals surface area contributed by atoms with Crippen molar-refractivity contribution < 1.29 is 4.74 Å². The average Bonchev–Trinajstić information content (AvgIpc) is 2.34. The summed E-state index contributed by atoms with van der Waals surface area (Å²) in [5, 5.41) is 3.51. The molecule has 0 aliphatic rings. The zero-order valence-electron chi connectivity index (χ0n) is 10.3. The van der Waals surface area contributed by atoms with E-state index in [1.165, 1.54) is 12.0 Å². The first kappa shape index (κ1) is 13.1. The third-order valence-electron chi connectivity index (χ3n) is 2.51. The molecule has 0 saturated heterocycles. The van der Waals surface area contributed by atoms with Crippen LogP contribution in [0.4, 0.5) is 0 Å². The molecule has 3 heteroatoms. The van der Waals surface area contributed by atoms with Crippen LogP contribution in [0.25, 0.3) is 0 Å². The van der Waals surface area contributed by atoms with Gasteiger partial charge in [-0.3, -0.25) is 4.98 Å². The Kier molecular flexibility index (Phi) is 6.77. The normalized spacial score (nSPS) is 12.6. The summed E-state index contributed by atoms with van der Waals surface area (Å²) in [4.78, 5) is 4.16. The van der Waals surface area contributed by atoms with E-state index in [0.29, 0.717) is 6.04 Å². The molecule has 0 spiro atoms. The van der Waals surface area contributed by atoms with Crippen LogP contribution in [0.15, 0.2) is 24.5 Å². The Morgan fingerprint density at radius 3 is 2.94 bits per heavy atom. The minimum atomic E-state index is 0.402. The van der Waals surface area contributed by atoms with E-state index in [4.69, 9.17) is 4.74 Å². The molecule has 90 valence electrons. The summed E-state index contributed by atoms with van der Waals surface area (Å²) >= 11 is 0. The number of hydrogen-bond donors (Lipinski definition) is 1. The van der Waals surface area contributed by atoms with E-state index in [1.54, 1.807) is 0 Å². The topological polar surface area (TPSA) is 34.1 Å². The Morgan fingerprint density at radius 1 is 1.44 bits per heavy atom. The molecule has 1 atom stereocenters. The smallest absolute Gasteiger partial charge is 0.0590 e. The fourth-order valence-corrected chi connectivity index (χ4v) is 1.71. The van der Waals surface area contributed by atoms with Gasteiger partial charge < -0.3 is 10.1 Å². The van der Waals surface area contributed by atoms with Crippen molar-refractivity contribution >= 4 is 0 Å². The maximum Gasteiger partial charge on any atom is 0.0590 e. The second kappa shape index (κ2) is 8.25. The third-order valence-corrected chi connectivity index (χ3v) is 2.51. The summed E-state index contributed by atoms with van der Waals surface area (Å²) < 4.78 is 5.32. The van der Waals surface area contributed by atoms with Gasteiger partial charge in [-0.15, -0.1) is 0 Å². The number of aromatic nitrogens is 1. The largest absolute Gasteiger partial charge is 0.380 e. The highest BCUT2D eigenvalue weighted by molar-refractivity contribution is 5.13. The van der Waals surface area contributed by atoms with Crippen molar-refractivity contribution in [2.75, 3.05) is 19.8 Å². The van der Waals surface area contributed by atoms with Crippen LogP contribution in [0, 0.1) is 0 Å². The van der Waals surface area contributed by atoms with Crippen LogP contribution in [-0.4, -0.2) is 24.7 Å². The van der Waals surface area contributed by atoms with Crippen molar-refractivity contribution in [2.45, 2.75) is 32.7 Å². The fourth-order valence-electron chi connectivity index (χ4n) is 1.71. The minimum Gasteiger partial charge on any atom is -0.380 e. The van der Waals surface area contributed by atoms with Crippen molar-refractivity contribution in [1.82, 2.24) is 10.3 Å². The van der Waals surface area contributed by atoms with E-state index in [-0.39, 0.29) is 0 Å². The Morgan fingerprint density at radius 2 is 2.31 bits per heavy atom. The van der Waals surface area contributed by atoms with Crippen LogP contribution in [0.2, 0.25) is 0 Å². The maximum absolute atomic E-state index is 5.32. The molecule has 0 aliphatic heterocycles. The lowest BCUT2D eigenvalue weighted by atomic mass is 10.0. The summed E-state index contributed by atoms with van der Waals surface area (Å²) in [5.74, 6) is 0. The van der Waals surface area contributed by atoms with Crippen LogP contribution in [0.5, 0.6) is 0 Å². The Balaban J connectivity index is 2.41. The predicted octanol–water partition coefficient (Wildman–Crippen LogP) is 2.55. The summed E-state index contributed by atoms with van der Waals surface area (Å²) in [6.45, 7) is 6.68. The standard InChI is InChI=1S/C13H22N2O/c1-3-6-13(15-9-10-16-4-2)12-7-5-8-14-11-12/h5,7-8,11,13,15H,3-4,6,9-10H2,1-2H3. The maximum atomic E-state index is 5.32. The van der Waals surface area contributed by atoms with Gasteiger partial charge in [-0.05, 0) is 25.0 Å². The average molecular weight is 222 g/mol. The van der Waals surface area contributed by atoms with Crippen LogP contribution in [0.1, 0.15) is 38.3 Å². The van der Waals surface area contributed by atoms with Gasteiger partial charge in [0.2, 0.25) is 0 Å². The van der Waals surface area contributed by atoms with E-state index < -0.39 is 0 Å². The quantitative estimate of drug-likeness (QED) is 0.686. The monoisotopic (exact) mass is 222 g/mol. The Labute approximate surface area is 98.2 Å². The number of rotatable bonds is 8. The van der Waals surface area contributed by atoms with Crippen molar-refractivity contribution in [2.24, 2.45) is 0 Å². The van der Waals surface area contributed by atoms with Crippen molar-refractivity contribution in [3.8, 4) is 0 Å². The molecule has 0 radical (unpaired) electrons. The van der Waals surface area contributed by atoms with Crippen molar-refractivity contribution in [1.29, 1.82) is 0 Å². The molecule has 1 heterocycles. The molecule has 3 nitrogen and oxygen atoms in total. The SMILES string of the molecule is CCCC(NCCOCC)c1cccnc1. The van der Waals surface area contributed by atoms with Gasteiger partial charge >= 0.3 is 0 Å². The van der Waals surface area contributed by atoms with E-state index in [2.05, 4.69) is 23.3 Å². The predicted molar refractivity (Wildman–Crippen MR) is 66.4 cm³/mol. The lowest BCUT2D eigenvalue weighted by Crippen LogP contribution is -2.25. The van der Waals surface area contributed by atoms with E-state index in [0.717, 1.165) is 26.2 Å². The molecule has 1 unspecified atom stereocenters. The molecule has 0 bridgehead atoms. The molecule has 0 fully saturated rings. The van der Waals surface area contributed by atoms with Gasteiger partial charge in [-0.1, -0.05) is 19.4 Å². The van der Waals surface area contributed by atoms with Crippen LogP contribution >= 0.6 is 0 Å². The lowest BCUT2D eigenvalue weighted by molar-refractivity contribution is 0.146. The summed E-state index contributed by atoms with van der Waals surface area (Å²) in [7, 11) is 0. The number of nitrogens with one attached hydrogen (secondary N) is 1. The molecule has 1 N–H and O–H groups in total. The first-order valence-corrected chi connectivity index (χ1v) is 6.09. The highest BCUT2D eigenvalue weighted by atomic mass is 16.5. The molecule has 1 aromatic rings. The van der Waals surface area contributed by atoms with Gasteiger partial charge in [0, 0.05) is 31.6 Å². The van der Waals surface area contributed by atoms with Gasteiger partial charge in [0.15, 0.2) is 0 Å². The van der Waals surface area contributed by atoms with E-state index >= 15 is 0 Å². The summed E-state index contributed by atoms with van der Waals surface area (Å²) in [6.07, 6.45) is 6.06. The van der Waals surface area contributed by atoms with Crippen LogP contribution < -0.4 is 5.32 Å². The molecule has 0 amide bonds. The molecule has 1 aromatic heterocycles. The van der Waals surface area contributed by atoms with Gasteiger partial charge in [-0.2, -0.15) is 0 Å². The Hall–Kier alpha value is -0.930. The lowest BCUT2D eigenvalue weighted by Gasteiger charge is -2.18. The van der Waals surface area contributed by atoms with Crippen LogP contribution in [0.3, 0.4) is 0 Å². The molecular weight excluding hydrogens is 200 g/mol. The molecule has 0 aliphatic carbocycles. The second-order valence-corrected chi connectivity index (χ2v) is 3.78. The third kappa shape index (κ3) is 4.73. The molecule has 1 rings (SSSR count). The summed E-state index contributed by atoms with van der Waals surface area (Å²) in [5.41, 5.74) is 1.26. The van der Waals surface area contributed by atoms with Gasteiger partial charge in [0.05, 0.1) is 6.61 Å². The zero-order valence-corrected chi connectivity index (χ0v) is 10.3. The number of hydrogen-bond acceptors (Lipinski definition) is 3. The minimum absolute atomic E-state index is 0.402. The van der Waals surface area contributed by atoms with E-state index in [1.807, 2.05) is 25.4 Å². The van der Waals surface area contributed by atoms with Crippen LogP contribution in [-0.2, 0) is 4.74 Å². The highest BCUT2D eigenvalue weighted by Crippen LogP contribution is 2.16. The Bertz CT molecular complexity index is 264. The number of ether oxygens (including phenoxy) is 1. The number of pyridine rings is 1.